The maximum atomic E-state index is 6.37. The van der Waals surface area contributed by atoms with E-state index in [2.05, 4.69) is 28.2 Å². The average Bonchev–Trinajstić information content (AvgIpc) is 2.41. The second kappa shape index (κ2) is 6.91. The van der Waals surface area contributed by atoms with Crippen molar-refractivity contribution in [2.24, 2.45) is 0 Å². The number of nitrogens with zero attached hydrogens (tertiary/aromatic N) is 2. The molecule has 0 spiro atoms. The number of hydrogen-bond donors (Lipinski definition) is 1. The van der Waals surface area contributed by atoms with E-state index in [-0.39, 0.29) is 6.04 Å². The second-order valence-electron chi connectivity index (χ2n) is 5.06. The fourth-order valence-electron chi connectivity index (χ4n) is 2.54. The minimum atomic E-state index is 0.282. The van der Waals surface area contributed by atoms with Gasteiger partial charge >= 0.3 is 0 Å². The molecule has 19 heavy (non-hydrogen) atoms. The van der Waals surface area contributed by atoms with Gasteiger partial charge in [0.15, 0.2) is 0 Å². The van der Waals surface area contributed by atoms with Gasteiger partial charge in [-0.3, -0.25) is 4.90 Å². The standard InChI is InChI=1S/C14H21Cl2N3/c1-17-10-13(19-8-6-18(2)7-9-19)11-4-3-5-12(15)14(11)16/h3-5,13,17H,6-10H2,1-2H3. The molecule has 5 heteroatoms. The van der Waals surface area contributed by atoms with Gasteiger partial charge in [-0.2, -0.15) is 0 Å². The number of benzene rings is 1. The first-order valence-electron chi connectivity index (χ1n) is 6.64. The van der Waals surface area contributed by atoms with Crippen LogP contribution in [0.3, 0.4) is 0 Å². The van der Waals surface area contributed by atoms with E-state index >= 15 is 0 Å². The van der Waals surface area contributed by atoms with E-state index in [9.17, 15) is 0 Å². The molecule has 1 aromatic rings. The van der Waals surface area contributed by atoms with Crippen LogP contribution in [0.5, 0.6) is 0 Å². The van der Waals surface area contributed by atoms with Crippen molar-refractivity contribution in [3.63, 3.8) is 0 Å². The highest BCUT2D eigenvalue weighted by Crippen LogP contribution is 2.32. The van der Waals surface area contributed by atoms with Crippen LogP contribution < -0.4 is 5.32 Å². The predicted molar refractivity (Wildman–Crippen MR) is 82.2 cm³/mol. The smallest absolute Gasteiger partial charge is 0.0640 e. The maximum Gasteiger partial charge on any atom is 0.0640 e. The van der Waals surface area contributed by atoms with Crippen molar-refractivity contribution in [3.05, 3.63) is 33.8 Å². The van der Waals surface area contributed by atoms with E-state index in [4.69, 9.17) is 23.2 Å². The van der Waals surface area contributed by atoms with Crippen molar-refractivity contribution in [3.8, 4) is 0 Å². The average molecular weight is 302 g/mol. The Balaban J connectivity index is 2.22. The molecule has 106 valence electrons. The largest absolute Gasteiger partial charge is 0.318 e. The molecule has 3 nitrogen and oxygen atoms in total. The Kier molecular flexibility index (Phi) is 5.48. The summed E-state index contributed by atoms with van der Waals surface area (Å²) in [5.41, 5.74) is 1.12. The Bertz CT molecular complexity index is 417. The van der Waals surface area contributed by atoms with Gasteiger partial charge < -0.3 is 10.2 Å². The van der Waals surface area contributed by atoms with Gasteiger partial charge in [0.1, 0.15) is 0 Å². The molecule has 1 aliphatic rings. The summed E-state index contributed by atoms with van der Waals surface area (Å²) in [6, 6.07) is 6.18. The topological polar surface area (TPSA) is 18.5 Å². The van der Waals surface area contributed by atoms with E-state index in [0.29, 0.717) is 10.0 Å². The maximum absolute atomic E-state index is 6.37. The summed E-state index contributed by atoms with van der Waals surface area (Å²) >= 11 is 12.5. The molecule has 1 heterocycles. The zero-order valence-electron chi connectivity index (χ0n) is 11.5. The summed E-state index contributed by atoms with van der Waals surface area (Å²) in [4.78, 5) is 4.83. The number of likely N-dealkylation sites (N-methyl/N-ethyl adjacent to an activating group) is 2. The minimum Gasteiger partial charge on any atom is -0.318 e. The van der Waals surface area contributed by atoms with Crippen molar-refractivity contribution in [2.45, 2.75) is 6.04 Å². The zero-order valence-corrected chi connectivity index (χ0v) is 13.0. The highest BCUT2D eigenvalue weighted by Gasteiger charge is 2.25. The Morgan fingerprint density at radius 3 is 2.53 bits per heavy atom. The van der Waals surface area contributed by atoms with Gasteiger partial charge in [0.2, 0.25) is 0 Å². The van der Waals surface area contributed by atoms with Crippen LogP contribution in [0.25, 0.3) is 0 Å². The van der Waals surface area contributed by atoms with Crippen LogP contribution >= 0.6 is 23.2 Å². The Hall–Kier alpha value is -0.320. The fraction of sp³-hybridized carbons (Fsp3) is 0.571. The molecule has 1 N–H and O–H groups in total. The zero-order chi connectivity index (χ0) is 13.8. The summed E-state index contributed by atoms with van der Waals surface area (Å²) in [6.45, 7) is 5.19. The van der Waals surface area contributed by atoms with Crippen LogP contribution in [0.2, 0.25) is 10.0 Å². The number of hydrogen-bond acceptors (Lipinski definition) is 3. The number of piperazine rings is 1. The van der Waals surface area contributed by atoms with E-state index in [0.717, 1.165) is 38.3 Å². The Labute approximate surface area is 125 Å². The molecule has 1 fully saturated rings. The molecule has 0 saturated carbocycles. The normalized spacial score (nSPS) is 19.6. The van der Waals surface area contributed by atoms with Crippen LogP contribution in [0.4, 0.5) is 0 Å². The third-order valence-corrected chi connectivity index (χ3v) is 4.55. The molecule has 1 unspecified atom stereocenters. The van der Waals surface area contributed by atoms with Crippen molar-refractivity contribution >= 4 is 23.2 Å². The van der Waals surface area contributed by atoms with Crippen LogP contribution in [0.1, 0.15) is 11.6 Å². The molecule has 2 rings (SSSR count). The summed E-state index contributed by atoms with van der Waals surface area (Å²) in [5, 5.41) is 4.58. The predicted octanol–water partition coefficient (Wildman–Crippen LogP) is 2.50. The van der Waals surface area contributed by atoms with Gasteiger partial charge in [0.05, 0.1) is 10.0 Å². The molecule has 1 aromatic carbocycles. The molecule has 1 aliphatic heterocycles. The van der Waals surface area contributed by atoms with Crippen LogP contribution in [-0.4, -0.2) is 56.6 Å². The van der Waals surface area contributed by atoms with E-state index in [1.165, 1.54) is 0 Å². The van der Waals surface area contributed by atoms with Crippen LogP contribution in [0, 0.1) is 0 Å². The third-order valence-electron chi connectivity index (χ3n) is 3.72. The Morgan fingerprint density at radius 2 is 1.89 bits per heavy atom. The first kappa shape index (κ1) is 15.1. The molecule has 1 saturated heterocycles. The molecular weight excluding hydrogens is 281 g/mol. The molecule has 0 radical (unpaired) electrons. The highest BCUT2D eigenvalue weighted by molar-refractivity contribution is 6.42. The lowest BCUT2D eigenvalue weighted by molar-refractivity contribution is 0.111. The molecule has 0 aromatic heterocycles. The van der Waals surface area contributed by atoms with E-state index in [1.807, 2.05) is 19.2 Å². The Morgan fingerprint density at radius 1 is 1.21 bits per heavy atom. The lowest BCUT2D eigenvalue weighted by Crippen LogP contribution is -2.47. The first-order chi connectivity index (χ1) is 9.13. The SMILES string of the molecule is CNCC(c1cccc(Cl)c1Cl)N1CCN(C)CC1. The summed E-state index contributed by atoms with van der Waals surface area (Å²) < 4.78 is 0. The van der Waals surface area contributed by atoms with Gasteiger partial charge in [0.25, 0.3) is 0 Å². The third kappa shape index (κ3) is 3.61. The van der Waals surface area contributed by atoms with Crippen molar-refractivity contribution in [1.29, 1.82) is 0 Å². The summed E-state index contributed by atoms with van der Waals surface area (Å²) in [5.74, 6) is 0. The summed E-state index contributed by atoms with van der Waals surface area (Å²) in [6.07, 6.45) is 0. The monoisotopic (exact) mass is 301 g/mol. The molecule has 1 atom stereocenters. The number of nitrogens with one attached hydrogen (secondary N) is 1. The number of halogens is 2. The molecule has 0 amide bonds. The quantitative estimate of drug-likeness (QED) is 0.922. The van der Waals surface area contributed by atoms with Gasteiger partial charge in [-0.25, -0.2) is 0 Å². The highest BCUT2D eigenvalue weighted by atomic mass is 35.5. The van der Waals surface area contributed by atoms with Gasteiger partial charge in [-0.05, 0) is 25.7 Å². The van der Waals surface area contributed by atoms with E-state index < -0.39 is 0 Å². The van der Waals surface area contributed by atoms with Gasteiger partial charge in [0, 0.05) is 38.8 Å². The van der Waals surface area contributed by atoms with E-state index in [1.54, 1.807) is 0 Å². The minimum absolute atomic E-state index is 0.282. The number of rotatable bonds is 4. The lowest BCUT2D eigenvalue weighted by atomic mass is 10.0. The fourth-order valence-corrected chi connectivity index (χ4v) is 2.97. The summed E-state index contributed by atoms with van der Waals surface area (Å²) in [7, 11) is 4.14. The van der Waals surface area contributed by atoms with Gasteiger partial charge in [-0.15, -0.1) is 0 Å². The molecular formula is C14H21Cl2N3. The lowest BCUT2D eigenvalue weighted by Gasteiger charge is -2.38. The molecule has 0 aliphatic carbocycles. The molecule has 0 bridgehead atoms. The second-order valence-corrected chi connectivity index (χ2v) is 5.84. The van der Waals surface area contributed by atoms with Crippen LogP contribution in [0.15, 0.2) is 18.2 Å². The van der Waals surface area contributed by atoms with Crippen molar-refractivity contribution in [1.82, 2.24) is 15.1 Å². The first-order valence-corrected chi connectivity index (χ1v) is 7.40. The van der Waals surface area contributed by atoms with Crippen molar-refractivity contribution in [2.75, 3.05) is 46.8 Å². The van der Waals surface area contributed by atoms with Crippen LogP contribution in [-0.2, 0) is 0 Å². The van der Waals surface area contributed by atoms with Gasteiger partial charge in [-0.1, -0.05) is 35.3 Å². The van der Waals surface area contributed by atoms with Crippen molar-refractivity contribution < 1.29 is 0 Å².